The molecule has 0 aliphatic heterocycles. The van der Waals surface area contributed by atoms with Gasteiger partial charge in [0, 0.05) is 0 Å². The maximum Gasteiger partial charge on any atom is 0.396 e. The molecule has 0 atom stereocenters. The van der Waals surface area contributed by atoms with Crippen LogP contribution in [0, 0.1) is 13.8 Å². The molecule has 1 N–H and O–H groups in total. The van der Waals surface area contributed by atoms with Gasteiger partial charge in [0.05, 0.1) is 5.69 Å². The van der Waals surface area contributed by atoms with Crippen molar-refractivity contribution in [2.45, 2.75) is 13.8 Å². The molecule has 1 aromatic rings. The van der Waals surface area contributed by atoms with Gasteiger partial charge in [-0.1, -0.05) is 6.07 Å². The summed E-state index contributed by atoms with van der Waals surface area (Å²) in [7, 11) is -4.39. The molecule has 1 aromatic carbocycles. The van der Waals surface area contributed by atoms with E-state index in [2.05, 4.69) is 9.63 Å². The Morgan fingerprint density at radius 3 is 2.07 bits per heavy atom. The van der Waals surface area contributed by atoms with Gasteiger partial charge in [-0.2, -0.15) is 8.42 Å². The van der Waals surface area contributed by atoms with Crippen molar-refractivity contribution < 1.29 is 13.0 Å². The molecule has 5 nitrogen and oxygen atoms in total. The monoisotopic (exact) mass is 214 g/mol. The summed E-state index contributed by atoms with van der Waals surface area (Å²) >= 11 is 0. The molecule has 0 saturated carbocycles. The van der Waals surface area contributed by atoms with Crippen molar-refractivity contribution in [3.8, 4) is 0 Å². The molecule has 0 bridgehead atoms. The van der Waals surface area contributed by atoms with Gasteiger partial charge in [-0.3, -0.25) is 4.55 Å². The molecule has 0 radical (unpaired) electrons. The highest BCUT2D eigenvalue weighted by Gasteiger charge is 1.99. The average Bonchev–Trinajstić information content (AvgIpc) is 1.97. The molecule has 6 heteroatoms. The van der Waals surface area contributed by atoms with Crippen LogP contribution in [0.25, 0.3) is 0 Å². The molecule has 0 fully saturated rings. The van der Waals surface area contributed by atoms with Crippen LogP contribution in [-0.4, -0.2) is 13.0 Å². The van der Waals surface area contributed by atoms with Crippen molar-refractivity contribution in [2.75, 3.05) is 0 Å². The Balaban J connectivity index is 3.04. The topological polar surface area (TPSA) is 79.1 Å². The predicted octanol–water partition coefficient (Wildman–Crippen LogP) is 2.19. The van der Waals surface area contributed by atoms with E-state index >= 15 is 0 Å². The van der Waals surface area contributed by atoms with E-state index in [-0.39, 0.29) is 0 Å². The van der Waals surface area contributed by atoms with Gasteiger partial charge in [-0.25, -0.2) is 0 Å². The largest absolute Gasteiger partial charge is 0.396 e. The number of aryl methyl sites for hydroxylation is 2. The van der Waals surface area contributed by atoms with E-state index < -0.39 is 10.3 Å². The van der Waals surface area contributed by atoms with Gasteiger partial charge in [0.1, 0.15) is 0 Å². The minimum absolute atomic E-state index is 0.403. The second-order valence-corrected chi connectivity index (χ2v) is 4.03. The highest BCUT2D eigenvalue weighted by atomic mass is 32.2. The van der Waals surface area contributed by atoms with Crippen LogP contribution in [0.2, 0.25) is 0 Å². The summed E-state index contributed by atoms with van der Waals surface area (Å²) in [6.07, 6.45) is 0. The number of rotatable bonds is 2. The van der Waals surface area contributed by atoms with Crippen LogP contribution in [0.1, 0.15) is 11.1 Å². The number of hydrogen-bond donors (Lipinski definition) is 1. The van der Waals surface area contributed by atoms with Gasteiger partial charge >= 0.3 is 10.3 Å². The Morgan fingerprint density at radius 1 is 1.14 bits per heavy atom. The second-order valence-electron chi connectivity index (χ2n) is 2.98. The fraction of sp³-hybridized carbons (Fsp3) is 0.250. The van der Waals surface area contributed by atoms with Crippen molar-refractivity contribution in [3.63, 3.8) is 0 Å². The smallest absolute Gasteiger partial charge is 0.267 e. The zero-order valence-electron chi connectivity index (χ0n) is 7.80. The minimum atomic E-state index is -4.39. The fourth-order valence-corrected chi connectivity index (χ4v) is 1.30. The number of nitrogens with zero attached hydrogens (tertiary/aromatic N) is 2. The molecule has 0 saturated heterocycles. The fourth-order valence-electron chi connectivity index (χ4n) is 1.11. The highest BCUT2D eigenvalue weighted by Crippen LogP contribution is 2.17. The van der Waals surface area contributed by atoms with Gasteiger partial charge in [-0.05, 0) is 41.6 Å². The third-order valence-electron chi connectivity index (χ3n) is 1.47. The molecule has 0 heterocycles. The van der Waals surface area contributed by atoms with Gasteiger partial charge in [0.15, 0.2) is 0 Å². The van der Waals surface area contributed by atoms with E-state index in [0.717, 1.165) is 11.1 Å². The summed E-state index contributed by atoms with van der Waals surface area (Å²) in [5, 5.41) is 3.39. The average molecular weight is 214 g/mol. The second kappa shape index (κ2) is 3.85. The van der Waals surface area contributed by atoms with Crippen molar-refractivity contribution in [1.29, 1.82) is 0 Å². The quantitative estimate of drug-likeness (QED) is 0.605. The van der Waals surface area contributed by atoms with Crippen LogP contribution in [0.3, 0.4) is 0 Å². The van der Waals surface area contributed by atoms with E-state index in [1.165, 1.54) is 0 Å². The first-order chi connectivity index (χ1) is 6.37. The molecule has 0 unspecified atom stereocenters. The van der Waals surface area contributed by atoms with Crippen LogP contribution in [0.4, 0.5) is 5.69 Å². The van der Waals surface area contributed by atoms with Gasteiger partial charge in [0.25, 0.3) is 0 Å². The van der Waals surface area contributed by atoms with Crippen molar-refractivity contribution in [2.24, 2.45) is 9.63 Å². The predicted molar refractivity (Wildman–Crippen MR) is 52.0 cm³/mol. The Morgan fingerprint density at radius 2 is 1.64 bits per heavy atom. The molecule has 0 aliphatic carbocycles. The van der Waals surface area contributed by atoms with Crippen LogP contribution < -0.4 is 0 Å². The molecule has 0 spiro atoms. The summed E-state index contributed by atoms with van der Waals surface area (Å²) < 4.78 is 31.6. The Bertz CT molecular complexity index is 445. The van der Waals surface area contributed by atoms with Gasteiger partial charge < -0.3 is 0 Å². The van der Waals surface area contributed by atoms with Crippen LogP contribution in [0.5, 0.6) is 0 Å². The third-order valence-corrected chi connectivity index (χ3v) is 1.75. The standard InChI is InChI=1S/C8H10N2O3S/c1-6-3-7(2)5-8(4-6)9-10-14(11,12)13/h3-5H,1-2H3,(H,11,12,13). The van der Waals surface area contributed by atoms with Gasteiger partial charge in [0.2, 0.25) is 0 Å². The van der Waals surface area contributed by atoms with Crippen molar-refractivity contribution in [1.82, 2.24) is 0 Å². The highest BCUT2D eigenvalue weighted by molar-refractivity contribution is 7.84. The first-order valence-corrected chi connectivity index (χ1v) is 5.25. The van der Waals surface area contributed by atoms with E-state index in [1.807, 2.05) is 19.9 Å². The summed E-state index contributed by atoms with van der Waals surface area (Å²) in [6.45, 7) is 3.72. The molecule has 1 rings (SSSR count). The molecular formula is C8H10N2O3S. The first-order valence-electron chi connectivity index (χ1n) is 3.85. The zero-order valence-corrected chi connectivity index (χ0v) is 8.61. The van der Waals surface area contributed by atoms with Gasteiger partial charge in [-0.15, -0.1) is 5.11 Å². The van der Waals surface area contributed by atoms with E-state index in [1.54, 1.807) is 12.1 Å². The summed E-state index contributed by atoms with van der Waals surface area (Å²) in [5.41, 5.74) is 2.31. The summed E-state index contributed by atoms with van der Waals surface area (Å²) in [4.78, 5) is 0. The summed E-state index contributed by atoms with van der Waals surface area (Å²) in [6, 6.07) is 5.26. The lowest BCUT2D eigenvalue weighted by Crippen LogP contribution is -1.88. The third kappa shape index (κ3) is 3.63. The van der Waals surface area contributed by atoms with E-state index in [4.69, 9.17) is 4.55 Å². The number of hydrogen-bond acceptors (Lipinski definition) is 3. The molecular weight excluding hydrogens is 204 g/mol. The molecule has 76 valence electrons. The molecule has 0 aromatic heterocycles. The normalized spacial score (nSPS) is 12.2. The molecule has 14 heavy (non-hydrogen) atoms. The maximum atomic E-state index is 10.3. The Hall–Kier alpha value is -1.27. The zero-order chi connectivity index (χ0) is 10.8. The van der Waals surface area contributed by atoms with Crippen molar-refractivity contribution >= 4 is 16.0 Å². The lowest BCUT2D eigenvalue weighted by atomic mass is 10.1. The molecule has 0 amide bonds. The van der Waals surface area contributed by atoms with Crippen LogP contribution in [0.15, 0.2) is 27.8 Å². The SMILES string of the molecule is Cc1cc(C)cc(N=NS(=O)(=O)O)c1. The van der Waals surface area contributed by atoms with E-state index in [9.17, 15) is 8.42 Å². The molecule has 0 aliphatic rings. The van der Waals surface area contributed by atoms with Crippen molar-refractivity contribution in [3.05, 3.63) is 29.3 Å². The van der Waals surface area contributed by atoms with E-state index in [0.29, 0.717) is 5.69 Å². The number of benzene rings is 1. The lowest BCUT2D eigenvalue weighted by Gasteiger charge is -1.97. The maximum absolute atomic E-state index is 10.3. The Labute approximate surface area is 82.4 Å². The first kappa shape index (κ1) is 10.8. The van der Waals surface area contributed by atoms with Crippen LogP contribution >= 0.6 is 0 Å². The summed E-state index contributed by atoms with van der Waals surface area (Å²) in [5.74, 6) is 0. The minimum Gasteiger partial charge on any atom is -0.267 e. The van der Waals surface area contributed by atoms with Crippen LogP contribution in [-0.2, 0) is 10.3 Å². The lowest BCUT2D eigenvalue weighted by molar-refractivity contribution is 0.482. The Kier molecular flexibility index (Phi) is 2.97.